The molecule has 0 radical (unpaired) electrons. The van der Waals surface area contributed by atoms with E-state index < -0.39 is 17.8 Å². The van der Waals surface area contributed by atoms with E-state index in [1.165, 1.54) is 0 Å². The first-order valence-corrected chi connectivity index (χ1v) is 6.46. The van der Waals surface area contributed by atoms with Crippen LogP contribution in [0.1, 0.15) is 38.3 Å². The number of rotatable bonds is 5. The maximum atomic E-state index is 12.9. The minimum Gasteiger partial charge on any atom is -0.494 e. The van der Waals surface area contributed by atoms with E-state index in [0.717, 1.165) is 5.56 Å². The van der Waals surface area contributed by atoms with Crippen molar-refractivity contribution in [1.29, 1.82) is 0 Å². The van der Waals surface area contributed by atoms with Gasteiger partial charge in [0.1, 0.15) is 11.3 Å². The smallest absolute Gasteiger partial charge is 0.406 e. The third-order valence-electron chi connectivity index (χ3n) is 3.47. The maximum Gasteiger partial charge on any atom is 0.406 e. The Hall–Kier alpha value is -1.23. The van der Waals surface area contributed by atoms with Crippen LogP contribution in [0.5, 0.6) is 5.75 Å². The summed E-state index contributed by atoms with van der Waals surface area (Å²) in [5, 5.41) is 2.72. The highest BCUT2D eigenvalue weighted by atomic mass is 19.4. The second kappa shape index (κ2) is 5.04. The summed E-state index contributed by atoms with van der Waals surface area (Å²) >= 11 is 0. The summed E-state index contributed by atoms with van der Waals surface area (Å²) < 4.78 is 44.2. The summed E-state index contributed by atoms with van der Waals surface area (Å²) in [5.74, 6) is 0.642. The van der Waals surface area contributed by atoms with Crippen molar-refractivity contribution in [1.82, 2.24) is 5.32 Å². The fraction of sp³-hybridized carbons (Fsp3) is 0.571. The van der Waals surface area contributed by atoms with Crippen LogP contribution in [0.25, 0.3) is 0 Å². The van der Waals surface area contributed by atoms with Crippen LogP contribution < -0.4 is 10.1 Å². The Kier molecular flexibility index (Phi) is 3.76. The van der Waals surface area contributed by atoms with E-state index >= 15 is 0 Å². The predicted octanol–water partition coefficient (Wildman–Crippen LogP) is 3.83. The molecule has 1 fully saturated rings. The molecule has 0 heterocycles. The molecule has 2 rings (SSSR count). The molecule has 1 aromatic carbocycles. The van der Waals surface area contributed by atoms with Crippen molar-refractivity contribution >= 4 is 0 Å². The molecule has 1 saturated carbocycles. The number of para-hydroxylation sites is 1. The number of hydrogen-bond donors (Lipinski definition) is 1. The quantitative estimate of drug-likeness (QED) is 0.880. The zero-order chi connectivity index (χ0) is 14.1. The second-order valence-corrected chi connectivity index (χ2v) is 4.92. The SMILES string of the molecule is CCOc1ccccc1C(C)NC1(C(F)(F)F)CC1. The molecule has 5 heteroatoms. The van der Waals surface area contributed by atoms with Gasteiger partial charge in [-0.1, -0.05) is 18.2 Å². The van der Waals surface area contributed by atoms with Crippen molar-refractivity contribution < 1.29 is 17.9 Å². The highest BCUT2D eigenvalue weighted by Gasteiger charge is 2.63. The monoisotopic (exact) mass is 273 g/mol. The summed E-state index contributed by atoms with van der Waals surface area (Å²) in [4.78, 5) is 0. The predicted molar refractivity (Wildman–Crippen MR) is 67.2 cm³/mol. The molecule has 1 aliphatic carbocycles. The Morgan fingerprint density at radius 2 is 1.95 bits per heavy atom. The fourth-order valence-electron chi connectivity index (χ4n) is 2.25. The van der Waals surface area contributed by atoms with Gasteiger partial charge in [-0.15, -0.1) is 0 Å². The molecule has 0 spiro atoms. The summed E-state index contributed by atoms with van der Waals surface area (Å²) in [7, 11) is 0. The molecule has 106 valence electrons. The van der Waals surface area contributed by atoms with Crippen LogP contribution >= 0.6 is 0 Å². The van der Waals surface area contributed by atoms with Gasteiger partial charge in [-0.05, 0) is 32.8 Å². The van der Waals surface area contributed by atoms with E-state index in [1.807, 2.05) is 19.1 Å². The highest BCUT2D eigenvalue weighted by Crippen LogP contribution is 2.50. The lowest BCUT2D eigenvalue weighted by molar-refractivity contribution is -0.167. The van der Waals surface area contributed by atoms with Gasteiger partial charge in [0.2, 0.25) is 0 Å². The standard InChI is InChI=1S/C14H18F3NO/c1-3-19-12-7-5-4-6-11(12)10(2)18-13(8-9-13)14(15,16)17/h4-7,10,18H,3,8-9H2,1-2H3. The van der Waals surface area contributed by atoms with Crippen LogP contribution in [0.4, 0.5) is 13.2 Å². The summed E-state index contributed by atoms with van der Waals surface area (Å²) in [6.07, 6.45) is -3.89. The summed E-state index contributed by atoms with van der Waals surface area (Å²) in [5.41, 5.74) is -0.939. The number of nitrogens with one attached hydrogen (secondary N) is 1. The van der Waals surface area contributed by atoms with Crippen molar-refractivity contribution in [3.8, 4) is 5.75 Å². The molecule has 0 aliphatic heterocycles. The van der Waals surface area contributed by atoms with Gasteiger partial charge >= 0.3 is 6.18 Å². The van der Waals surface area contributed by atoms with Crippen LogP contribution in [-0.4, -0.2) is 18.3 Å². The Morgan fingerprint density at radius 1 is 1.32 bits per heavy atom. The normalized spacial score (nSPS) is 19.0. The molecule has 1 unspecified atom stereocenters. The molecule has 1 aliphatic rings. The van der Waals surface area contributed by atoms with Gasteiger partial charge in [0, 0.05) is 11.6 Å². The van der Waals surface area contributed by atoms with Gasteiger partial charge in [-0.25, -0.2) is 0 Å². The Morgan fingerprint density at radius 3 is 2.47 bits per heavy atom. The molecular weight excluding hydrogens is 255 g/mol. The molecule has 0 bridgehead atoms. The second-order valence-electron chi connectivity index (χ2n) is 4.92. The van der Waals surface area contributed by atoms with Gasteiger partial charge in [0.15, 0.2) is 0 Å². The van der Waals surface area contributed by atoms with Crippen LogP contribution in [0.2, 0.25) is 0 Å². The van der Waals surface area contributed by atoms with Crippen LogP contribution in [0, 0.1) is 0 Å². The number of benzene rings is 1. The highest BCUT2D eigenvalue weighted by molar-refractivity contribution is 5.36. The van der Waals surface area contributed by atoms with Crippen LogP contribution in [0.3, 0.4) is 0 Å². The molecule has 0 amide bonds. The first kappa shape index (κ1) is 14.2. The zero-order valence-corrected chi connectivity index (χ0v) is 11.1. The topological polar surface area (TPSA) is 21.3 Å². The average molecular weight is 273 g/mol. The summed E-state index contributed by atoms with van der Waals surface area (Å²) in [6.45, 7) is 4.09. The molecule has 1 atom stereocenters. The lowest BCUT2D eigenvalue weighted by Gasteiger charge is -2.26. The molecule has 0 aromatic heterocycles. The van der Waals surface area contributed by atoms with Crippen LogP contribution in [0.15, 0.2) is 24.3 Å². The number of ether oxygens (including phenoxy) is 1. The first-order valence-electron chi connectivity index (χ1n) is 6.46. The lowest BCUT2D eigenvalue weighted by Crippen LogP contribution is -2.45. The van der Waals surface area contributed by atoms with Gasteiger partial charge in [-0.3, -0.25) is 5.32 Å². The molecule has 1 aromatic rings. The first-order chi connectivity index (χ1) is 8.89. The number of halogens is 3. The summed E-state index contributed by atoms with van der Waals surface area (Å²) in [6, 6.07) is 6.81. The lowest BCUT2D eigenvalue weighted by atomic mass is 10.1. The van der Waals surface area contributed by atoms with Gasteiger partial charge in [0.25, 0.3) is 0 Å². The van der Waals surface area contributed by atoms with Crippen molar-refractivity contribution in [3.05, 3.63) is 29.8 Å². The molecule has 0 saturated heterocycles. The van der Waals surface area contributed by atoms with E-state index in [2.05, 4.69) is 5.32 Å². The van der Waals surface area contributed by atoms with Crippen molar-refractivity contribution in [2.24, 2.45) is 0 Å². The Bertz CT molecular complexity index is 441. The molecule has 1 N–H and O–H groups in total. The minimum absolute atomic E-state index is 0.150. The van der Waals surface area contributed by atoms with E-state index in [4.69, 9.17) is 4.74 Å². The number of hydrogen-bond acceptors (Lipinski definition) is 2. The van der Waals surface area contributed by atoms with E-state index in [-0.39, 0.29) is 12.8 Å². The van der Waals surface area contributed by atoms with Gasteiger partial charge in [0.05, 0.1) is 6.61 Å². The zero-order valence-electron chi connectivity index (χ0n) is 11.1. The van der Waals surface area contributed by atoms with Gasteiger partial charge in [-0.2, -0.15) is 13.2 Å². The molecule has 19 heavy (non-hydrogen) atoms. The van der Waals surface area contributed by atoms with E-state index in [9.17, 15) is 13.2 Å². The Labute approximate surface area is 111 Å². The van der Waals surface area contributed by atoms with Crippen LogP contribution in [-0.2, 0) is 0 Å². The molecule has 2 nitrogen and oxygen atoms in total. The average Bonchev–Trinajstić information content (AvgIpc) is 3.10. The number of alkyl halides is 3. The van der Waals surface area contributed by atoms with Crippen molar-refractivity contribution in [3.63, 3.8) is 0 Å². The van der Waals surface area contributed by atoms with Gasteiger partial charge < -0.3 is 4.74 Å². The van der Waals surface area contributed by atoms with Crippen molar-refractivity contribution in [2.45, 2.75) is 44.4 Å². The maximum absolute atomic E-state index is 12.9. The van der Waals surface area contributed by atoms with Crippen molar-refractivity contribution in [2.75, 3.05) is 6.61 Å². The molecular formula is C14H18F3NO. The minimum atomic E-state index is -4.19. The fourth-order valence-corrected chi connectivity index (χ4v) is 2.25. The third-order valence-corrected chi connectivity index (χ3v) is 3.47. The van der Waals surface area contributed by atoms with E-state index in [1.54, 1.807) is 19.1 Å². The largest absolute Gasteiger partial charge is 0.494 e. The third kappa shape index (κ3) is 2.86. The Balaban J connectivity index is 2.15. The van der Waals surface area contributed by atoms with E-state index in [0.29, 0.717) is 12.4 Å².